The second-order valence-corrected chi connectivity index (χ2v) is 5.75. The third-order valence-electron chi connectivity index (χ3n) is 3.94. The SMILES string of the molecule is Cl.O=C(CC1CCCN1)NCCc1coc(-c2ccc(F)cc2)n1. The largest absolute Gasteiger partial charge is 0.444 e. The van der Waals surface area contributed by atoms with E-state index >= 15 is 0 Å². The van der Waals surface area contributed by atoms with E-state index in [9.17, 15) is 9.18 Å². The van der Waals surface area contributed by atoms with Crippen LogP contribution in [0.4, 0.5) is 4.39 Å². The average Bonchev–Trinajstić information content (AvgIpc) is 3.20. The predicted octanol–water partition coefficient (Wildman–Crippen LogP) is 2.70. The topological polar surface area (TPSA) is 67.2 Å². The maximum atomic E-state index is 12.9. The van der Waals surface area contributed by atoms with Gasteiger partial charge in [-0.25, -0.2) is 9.37 Å². The van der Waals surface area contributed by atoms with Crippen LogP contribution in [-0.4, -0.2) is 30.0 Å². The van der Waals surface area contributed by atoms with E-state index in [0.29, 0.717) is 31.3 Å². The minimum atomic E-state index is -0.292. The van der Waals surface area contributed by atoms with Gasteiger partial charge in [0.2, 0.25) is 11.8 Å². The van der Waals surface area contributed by atoms with E-state index in [1.54, 1.807) is 18.4 Å². The second kappa shape index (κ2) is 8.80. The summed E-state index contributed by atoms with van der Waals surface area (Å²) in [6.07, 6.45) is 4.92. The van der Waals surface area contributed by atoms with Crippen LogP contribution in [-0.2, 0) is 11.2 Å². The molecule has 0 radical (unpaired) electrons. The smallest absolute Gasteiger partial charge is 0.226 e. The molecule has 1 amide bonds. The molecule has 1 fully saturated rings. The molecule has 0 saturated carbocycles. The van der Waals surface area contributed by atoms with Crippen LogP contribution >= 0.6 is 12.4 Å². The van der Waals surface area contributed by atoms with Crippen molar-refractivity contribution in [3.63, 3.8) is 0 Å². The van der Waals surface area contributed by atoms with Gasteiger partial charge in [0.1, 0.15) is 12.1 Å². The molecule has 5 nitrogen and oxygen atoms in total. The monoisotopic (exact) mass is 353 g/mol. The molecule has 2 aromatic rings. The minimum absolute atomic E-state index is 0. The molecule has 1 unspecified atom stereocenters. The zero-order valence-corrected chi connectivity index (χ0v) is 14.1. The van der Waals surface area contributed by atoms with Gasteiger partial charge < -0.3 is 15.1 Å². The van der Waals surface area contributed by atoms with Crippen LogP contribution in [0.5, 0.6) is 0 Å². The van der Waals surface area contributed by atoms with E-state index in [4.69, 9.17) is 4.42 Å². The van der Waals surface area contributed by atoms with E-state index in [2.05, 4.69) is 15.6 Å². The van der Waals surface area contributed by atoms with Gasteiger partial charge in [0, 0.05) is 31.0 Å². The van der Waals surface area contributed by atoms with Crippen molar-refractivity contribution < 1.29 is 13.6 Å². The number of nitrogens with zero attached hydrogens (tertiary/aromatic N) is 1. The third kappa shape index (κ3) is 5.04. The number of oxazole rings is 1. The van der Waals surface area contributed by atoms with Crippen molar-refractivity contribution in [2.45, 2.75) is 31.7 Å². The average molecular weight is 354 g/mol. The lowest BCUT2D eigenvalue weighted by Crippen LogP contribution is -2.32. The van der Waals surface area contributed by atoms with Gasteiger partial charge in [-0.15, -0.1) is 12.4 Å². The molecule has 1 aliphatic rings. The lowest BCUT2D eigenvalue weighted by Gasteiger charge is -2.09. The summed E-state index contributed by atoms with van der Waals surface area (Å²) in [6, 6.07) is 6.31. The quantitative estimate of drug-likeness (QED) is 0.838. The Kier molecular flexibility index (Phi) is 6.75. The highest BCUT2D eigenvalue weighted by atomic mass is 35.5. The number of amides is 1. The lowest BCUT2D eigenvalue weighted by molar-refractivity contribution is -0.121. The summed E-state index contributed by atoms with van der Waals surface area (Å²) in [5, 5.41) is 6.21. The molecule has 24 heavy (non-hydrogen) atoms. The highest BCUT2D eigenvalue weighted by Gasteiger charge is 2.17. The lowest BCUT2D eigenvalue weighted by atomic mass is 10.1. The van der Waals surface area contributed by atoms with Crippen molar-refractivity contribution in [1.29, 1.82) is 0 Å². The normalized spacial score (nSPS) is 16.6. The molecule has 7 heteroatoms. The van der Waals surface area contributed by atoms with Gasteiger partial charge in [0.25, 0.3) is 0 Å². The summed E-state index contributed by atoms with van der Waals surface area (Å²) in [6.45, 7) is 1.53. The summed E-state index contributed by atoms with van der Waals surface area (Å²) < 4.78 is 18.3. The number of rotatable bonds is 6. The maximum Gasteiger partial charge on any atom is 0.226 e. The molecule has 1 saturated heterocycles. The molecular weight excluding hydrogens is 333 g/mol. The Balaban J connectivity index is 0.00000208. The van der Waals surface area contributed by atoms with Gasteiger partial charge in [-0.2, -0.15) is 0 Å². The zero-order chi connectivity index (χ0) is 16.1. The van der Waals surface area contributed by atoms with Crippen molar-refractivity contribution in [3.05, 3.63) is 42.0 Å². The molecule has 0 spiro atoms. The number of carbonyl (C=O) groups is 1. The predicted molar refractivity (Wildman–Crippen MR) is 91.5 cm³/mol. The summed E-state index contributed by atoms with van der Waals surface area (Å²) in [7, 11) is 0. The van der Waals surface area contributed by atoms with Crippen LogP contribution in [0.1, 0.15) is 25.0 Å². The van der Waals surface area contributed by atoms with E-state index in [1.165, 1.54) is 12.1 Å². The maximum absolute atomic E-state index is 12.9. The van der Waals surface area contributed by atoms with E-state index in [-0.39, 0.29) is 24.1 Å². The van der Waals surface area contributed by atoms with Gasteiger partial charge in [0.15, 0.2) is 0 Å². The fourth-order valence-corrected chi connectivity index (χ4v) is 2.70. The van der Waals surface area contributed by atoms with Crippen molar-refractivity contribution in [2.24, 2.45) is 0 Å². The number of nitrogens with one attached hydrogen (secondary N) is 2. The fourth-order valence-electron chi connectivity index (χ4n) is 2.70. The highest BCUT2D eigenvalue weighted by Crippen LogP contribution is 2.19. The van der Waals surface area contributed by atoms with Crippen molar-refractivity contribution >= 4 is 18.3 Å². The number of carbonyl (C=O) groups excluding carboxylic acids is 1. The standard InChI is InChI=1S/C17H20FN3O2.ClH/c18-13-5-3-12(4-6-13)17-21-15(11-23-17)7-9-20-16(22)10-14-2-1-8-19-14;/h3-6,11,14,19H,1-2,7-10H2,(H,20,22);1H. The van der Waals surface area contributed by atoms with Crippen molar-refractivity contribution in [3.8, 4) is 11.5 Å². The van der Waals surface area contributed by atoms with Crippen LogP contribution < -0.4 is 10.6 Å². The molecule has 2 N–H and O–H groups in total. The molecule has 3 rings (SSSR count). The summed E-state index contributed by atoms with van der Waals surface area (Å²) in [5.74, 6) is 0.230. The number of hydrogen-bond donors (Lipinski definition) is 2. The summed E-state index contributed by atoms with van der Waals surface area (Å²) >= 11 is 0. The molecule has 0 aliphatic carbocycles. The Morgan fingerprint density at radius 2 is 2.17 bits per heavy atom. The van der Waals surface area contributed by atoms with Gasteiger partial charge >= 0.3 is 0 Å². The summed E-state index contributed by atoms with van der Waals surface area (Å²) in [5.41, 5.74) is 1.50. The van der Waals surface area contributed by atoms with Crippen LogP contribution in [0.2, 0.25) is 0 Å². The summed E-state index contributed by atoms with van der Waals surface area (Å²) in [4.78, 5) is 16.2. The first kappa shape index (κ1) is 18.4. The van der Waals surface area contributed by atoms with E-state index < -0.39 is 0 Å². The first-order chi connectivity index (χ1) is 11.2. The molecule has 2 heterocycles. The molecule has 130 valence electrons. The Labute approximate surface area is 146 Å². The first-order valence-corrected chi connectivity index (χ1v) is 7.91. The van der Waals surface area contributed by atoms with E-state index in [1.807, 2.05) is 0 Å². The molecular formula is C17H21ClFN3O2. The van der Waals surface area contributed by atoms with Crippen molar-refractivity contribution in [1.82, 2.24) is 15.6 Å². The minimum Gasteiger partial charge on any atom is -0.444 e. The van der Waals surface area contributed by atoms with Crippen LogP contribution in [0.3, 0.4) is 0 Å². The van der Waals surface area contributed by atoms with Gasteiger partial charge in [0.05, 0.1) is 5.69 Å². The Morgan fingerprint density at radius 1 is 1.38 bits per heavy atom. The molecule has 1 atom stereocenters. The fraction of sp³-hybridized carbons (Fsp3) is 0.412. The Hall–Kier alpha value is -1.92. The van der Waals surface area contributed by atoms with Crippen LogP contribution in [0.25, 0.3) is 11.5 Å². The Morgan fingerprint density at radius 3 is 2.88 bits per heavy atom. The number of halogens is 2. The number of aromatic nitrogens is 1. The third-order valence-corrected chi connectivity index (χ3v) is 3.94. The van der Waals surface area contributed by atoms with Crippen LogP contribution in [0, 0.1) is 5.82 Å². The molecule has 1 aliphatic heterocycles. The first-order valence-electron chi connectivity index (χ1n) is 7.91. The second-order valence-electron chi connectivity index (χ2n) is 5.75. The molecule has 0 bridgehead atoms. The molecule has 1 aromatic heterocycles. The zero-order valence-electron chi connectivity index (χ0n) is 13.3. The van der Waals surface area contributed by atoms with Gasteiger partial charge in [-0.3, -0.25) is 4.79 Å². The van der Waals surface area contributed by atoms with Crippen LogP contribution in [0.15, 0.2) is 34.9 Å². The molecule has 1 aromatic carbocycles. The van der Waals surface area contributed by atoms with Gasteiger partial charge in [-0.1, -0.05) is 0 Å². The van der Waals surface area contributed by atoms with E-state index in [0.717, 1.165) is 30.6 Å². The van der Waals surface area contributed by atoms with Gasteiger partial charge in [-0.05, 0) is 43.7 Å². The Bertz CT molecular complexity index is 654. The number of hydrogen-bond acceptors (Lipinski definition) is 4. The number of benzene rings is 1. The highest BCUT2D eigenvalue weighted by molar-refractivity contribution is 5.85. The van der Waals surface area contributed by atoms with Crippen molar-refractivity contribution in [2.75, 3.05) is 13.1 Å².